The van der Waals surface area contributed by atoms with Crippen LogP contribution in [-0.4, -0.2) is 0 Å². The molecule has 6 atom stereocenters. The Kier molecular flexibility index (Phi) is 5.84. The third kappa shape index (κ3) is 3.13. The maximum atomic E-state index is 2.47. The van der Waals surface area contributed by atoms with E-state index in [0.29, 0.717) is 10.8 Å². The summed E-state index contributed by atoms with van der Waals surface area (Å²) in [5.74, 6) is 4.15. The second-order valence-corrected chi connectivity index (χ2v) is 13.6. The second-order valence-electron chi connectivity index (χ2n) is 10.4. The van der Waals surface area contributed by atoms with Gasteiger partial charge < -0.3 is 5.48 Å². The fourth-order valence-electron chi connectivity index (χ4n) is 6.31. The zero-order chi connectivity index (χ0) is 16.6. The van der Waals surface area contributed by atoms with Crippen LogP contribution in [0.2, 0.25) is 6.34 Å². The van der Waals surface area contributed by atoms with E-state index in [1.54, 1.807) is 0 Å². The summed E-state index contributed by atoms with van der Waals surface area (Å²) in [6.07, 6.45) is 8.99. The van der Waals surface area contributed by atoms with E-state index < -0.39 is 0 Å². The fourth-order valence-corrected chi connectivity index (χ4v) is 9.76. The Hall–Kier alpha value is 1.70. The molecular weight excluding hydrogens is 346 g/mol. The van der Waals surface area contributed by atoms with Crippen molar-refractivity contribution in [2.45, 2.75) is 86.4 Å². The van der Waals surface area contributed by atoms with E-state index >= 15 is 0 Å². The van der Waals surface area contributed by atoms with Gasteiger partial charge in [-0.15, -0.1) is 0 Å². The topological polar surface area (TPSA) is 28.5 Å². The van der Waals surface area contributed by atoms with Crippen LogP contribution in [0.1, 0.15) is 80.1 Å². The molecule has 126 valence electrons. The van der Waals surface area contributed by atoms with Crippen molar-refractivity contribution in [1.29, 1.82) is 0 Å². The van der Waals surface area contributed by atoms with Gasteiger partial charge in [-0.05, 0) is 0 Å². The molecule has 0 N–H and O–H groups in total. The quantitative estimate of drug-likeness (QED) is 0.478. The van der Waals surface area contributed by atoms with E-state index in [0.717, 1.165) is 30.0 Å². The third-order valence-electron chi connectivity index (χ3n) is 8.49. The molecule has 0 aliphatic heterocycles. The van der Waals surface area contributed by atoms with Crippen LogP contribution in [0.3, 0.4) is 0 Å². The molecule has 0 radical (unpaired) electrons. The molecule has 4 aliphatic carbocycles. The van der Waals surface area contributed by atoms with Gasteiger partial charge in [0.15, 0.2) is 0 Å². The minimum atomic E-state index is 0. The molecule has 0 aromatic carbocycles. The summed E-state index contributed by atoms with van der Waals surface area (Å²) in [6.45, 7) is 14.7. The minimum absolute atomic E-state index is 0. The average molecular weight is 380 g/mol. The van der Waals surface area contributed by atoms with Gasteiger partial charge in [-0.2, -0.15) is 0 Å². The third-order valence-corrected chi connectivity index (χ3v) is 12.8. The number of hydrogen-bond acceptors (Lipinski definition) is 0. The summed E-state index contributed by atoms with van der Waals surface area (Å²) in [5, 5.41) is 0. The second kappa shape index (κ2) is 6.40. The Bertz CT molecular complexity index is 419. The predicted octanol–water partition coefficient (Wildman–Crippen LogP) is 6.22. The van der Waals surface area contributed by atoms with Crippen molar-refractivity contribution in [2.24, 2.45) is 34.5 Å². The standard InChI is InChI=1S/2C10H17.O.2Sc/c2*1-7-4-5-8-9(6-7)10(8,2)3;;;/h2*7-8H,4-6H2,1-3H3;;;/q;;-2;2*+1. The molecule has 4 rings (SSSR count). The number of rotatable bonds is 0. The van der Waals surface area contributed by atoms with Gasteiger partial charge in [0.05, 0.1) is 0 Å². The monoisotopic (exact) mass is 380 g/mol. The largest absolute Gasteiger partial charge is 2.00 e. The molecule has 1 nitrogen and oxygen atoms in total. The molecule has 0 amide bonds. The molecule has 3 heteroatoms. The van der Waals surface area contributed by atoms with Gasteiger partial charge in [-0.25, -0.2) is 0 Å². The number of hydrogen-bond donors (Lipinski definition) is 0. The van der Waals surface area contributed by atoms with Crippen molar-refractivity contribution >= 4 is 0 Å². The molecule has 6 unspecified atom stereocenters. The van der Waals surface area contributed by atoms with Gasteiger partial charge in [-0.1, -0.05) is 0 Å². The Balaban J connectivity index is 0.000000160. The van der Waals surface area contributed by atoms with Crippen LogP contribution >= 0.6 is 0 Å². The van der Waals surface area contributed by atoms with E-state index in [1.165, 1.54) is 38.5 Å². The molecule has 4 saturated carbocycles. The van der Waals surface area contributed by atoms with Gasteiger partial charge in [0.1, 0.15) is 0 Å². The van der Waals surface area contributed by atoms with Gasteiger partial charge in [0, 0.05) is 0 Å². The SMILES string of the molecule is CC1CCC2C(C)(C)[C]2([Sc+])C1.CC1CCC2C(C)(C)[C]2([Sc+])C1.[O-2]. The van der Waals surface area contributed by atoms with Gasteiger partial charge in [0.2, 0.25) is 0 Å². The molecule has 23 heavy (non-hydrogen) atoms. The van der Waals surface area contributed by atoms with E-state index in [9.17, 15) is 0 Å². The fraction of sp³-hybridized carbons (Fsp3) is 1.00. The molecule has 0 bridgehead atoms. The molecular formula is C20H34OSc2. The van der Waals surface area contributed by atoms with Crippen LogP contribution in [0, 0.1) is 34.5 Å². The van der Waals surface area contributed by atoms with Crippen molar-refractivity contribution in [1.82, 2.24) is 0 Å². The summed E-state index contributed by atoms with van der Waals surface area (Å²) in [6, 6.07) is 0. The van der Waals surface area contributed by atoms with Gasteiger partial charge >= 0.3 is 170 Å². The Labute approximate surface area is 174 Å². The molecule has 0 spiro atoms. The molecule has 0 saturated heterocycles. The first-order valence-electron chi connectivity index (χ1n) is 9.54. The summed E-state index contributed by atoms with van der Waals surface area (Å²) in [4.78, 5) is 0. The van der Waals surface area contributed by atoms with Crippen LogP contribution in [0.5, 0.6) is 0 Å². The van der Waals surface area contributed by atoms with Crippen LogP contribution in [0.4, 0.5) is 0 Å². The van der Waals surface area contributed by atoms with Crippen LogP contribution in [0.15, 0.2) is 0 Å². The van der Waals surface area contributed by atoms with E-state index in [-0.39, 0.29) is 5.48 Å². The van der Waals surface area contributed by atoms with Crippen LogP contribution in [-0.2, 0) is 54.2 Å². The van der Waals surface area contributed by atoms with E-state index in [1.807, 2.05) is 48.7 Å². The number of fused-ring (bicyclic) bond motifs is 2. The molecule has 4 fully saturated rings. The first-order chi connectivity index (χ1) is 9.97. The molecule has 0 aromatic heterocycles. The van der Waals surface area contributed by atoms with E-state index in [4.69, 9.17) is 0 Å². The smallest absolute Gasteiger partial charge is 2.00 e. The van der Waals surface area contributed by atoms with Crippen molar-refractivity contribution < 1.29 is 54.2 Å². The van der Waals surface area contributed by atoms with Crippen molar-refractivity contribution in [3.63, 3.8) is 0 Å². The van der Waals surface area contributed by atoms with Crippen molar-refractivity contribution in [3.05, 3.63) is 0 Å². The Morgan fingerprint density at radius 1 is 0.652 bits per heavy atom. The molecule has 4 aliphatic rings. The minimum Gasteiger partial charge on any atom is -2.00 e. The van der Waals surface area contributed by atoms with Crippen molar-refractivity contribution in [3.8, 4) is 0 Å². The Morgan fingerprint density at radius 2 is 0.957 bits per heavy atom. The van der Waals surface area contributed by atoms with E-state index in [2.05, 4.69) is 41.5 Å². The summed E-state index contributed by atoms with van der Waals surface area (Å²) >= 11 is 4.03. The maximum Gasteiger partial charge on any atom is -2.00 e. The Morgan fingerprint density at radius 3 is 1.17 bits per heavy atom. The maximum absolute atomic E-state index is 2.47. The van der Waals surface area contributed by atoms with Crippen molar-refractivity contribution in [2.75, 3.05) is 0 Å². The van der Waals surface area contributed by atoms with Crippen LogP contribution < -0.4 is 0 Å². The van der Waals surface area contributed by atoms with Crippen LogP contribution in [0.25, 0.3) is 0 Å². The summed E-state index contributed by atoms with van der Waals surface area (Å²) in [7, 11) is 0. The summed E-state index contributed by atoms with van der Waals surface area (Å²) < 4.78 is 1.55. The first-order valence-corrected chi connectivity index (χ1v) is 11.3. The molecule has 0 aromatic rings. The predicted molar refractivity (Wildman–Crippen MR) is 86.6 cm³/mol. The zero-order valence-electron chi connectivity index (χ0n) is 16.1. The summed E-state index contributed by atoms with van der Waals surface area (Å²) in [5.41, 5.74) is 1.38. The average Bonchev–Trinajstić information content (AvgIpc) is 3.01. The van der Waals surface area contributed by atoms with Gasteiger partial charge in [-0.3, -0.25) is 0 Å². The first kappa shape index (κ1) is 21.0. The normalized spacial score (nSPS) is 51.2. The van der Waals surface area contributed by atoms with Gasteiger partial charge in [0.25, 0.3) is 0 Å². The molecule has 0 heterocycles. The zero-order valence-corrected chi connectivity index (χ0v) is 19.7.